The summed E-state index contributed by atoms with van der Waals surface area (Å²) >= 11 is 0. The molecule has 0 aromatic heterocycles. The van der Waals surface area contributed by atoms with E-state index >= 15 is 0 Å². The summed E-state index contributed by atoms with van der Waals surface area (Å²) < 4.78 is 22.8. The van der Waals surface area contributed by atoms with E-state index in [0.29, 0.717) is 6.42 Å². The standard InChI is InChI=1S/C74H131NO13/c1-3-5-7-9-11-13-15-17-18-19-20-21-22-23-24-25-26-27-28-29-30-31-32-33-34-35-36-37-38-39-40-41-42-43-44-46-48-50-52-54-56-58-66(79)75-62(63(78)57-55-53-51-49-47-45-16-14-12-10-8-6-4-2)61-85-73-71(84)69(82)72(65(60-77)87-73)88-74-70(83)68(81)67(80)64(59-76)86-74/h5,7,11,13,17-18,20-21,23-24,26-27,55,57,62-65,67-74,76-78,80-84H,3-4,6,8-10,12,14-16,19,22,25,28-54,56,58-61H2,1-2H3,(H,75,79)/b7-5-,13-11-,18-17-,21-20-,24-23-,27-26-,57-55+. The largest absolute Gasteiger partial charge is 0.394 e. The van der Waals surface area contributed by atoms with Crippen LogP contribution < -0.4 is 5.32 Å². The van der Waals surface area contributed by atoms with Crippen LogP contribution in [0.3, 0.4) is 0 Å². The van der Waals surface area contributed by atoms with Crippen LogP contribution in [-0.4, -0.2) is 140 Å². The molecule has 2 aliphatic rings. The molecule has 1 amide bonds. The Hall–Kier alpha value is -2.83. The van der Waals surface area contributed by atoms with Crippen LogP contribution in [0.5, 0.6) is 0 Å². The Morgan fingerprint density at radius 2 is 0.784 bits per heavy atom. The van der Waals surface area contributed by atoms with E-state index in [1.807, 2.05) is 6.08 Å². The molecule has 9 N–H and O–H groups in total. The third-order valence-electron chi connectivity index (χ3n) is 17.1. The van der Waals surface area contributed by atoms with Crippen molar-refractivity contribution in [1.82, 2.24) is 5.32 Å². The highest BCUT2D eigenvalue weighted by atomic mass is 16.7. The average Bonchev–Trinajstić information content (AvgIpc) is 2.45. The molecule has 14 heteroatoms. The normalized spacial score (nSPS) is 23.7. The number of hydrogen-bond acceptors (Lipinski definition) is 13. The van der Waals surface area contributed by atoms with Crippen LogP contribution in [0.1, 0.15) is 284 Å². The quantitative estimate of drug-likeness (QED) is 0.0204. The second-order valence-electron chi connectivity index (χ2n) is 25.0. The van der Waals surface area contributed by atoms with Gasteiger partial charge in [-0.2, -0.15) is 0 Å². The predicted octanol–water partition coefficient (Wildman–Crippen LogP) is 14.8. The van der Waals surface area contributed by atoms with Gasteiger partial charge in [0, 0.05) is 6.42 Å². The van der Waals surface area contributed by atoms with Crippen molar-refractivity contribution in [2.24, 2.45) is 0 Å². The Labute approximate surface area is 535 Å². The van der Waals surface area contributed by atoms with E-state index in [2.05, 4.69) is 92.1 Å². The Balaban J connectivity index is 1.54. The number of carbonyl (C=O) groups excluding carboxylic acids is 1. The summed E-state index contributed by atoms with van der Waals surface area (Å²) in [5, 5.41) is 87.2. The number of unbranched alkanes of at least 4 members (excludes halogenated alkanes) is 33. The summed E-state index contributed by atoms with van der Waals surface area (Å²) in [7, 11) is 0. The third kappa shape index (κ3) is 41.6. The maximum absolute atomic E-state index is 13.3. The summed E-state index contributed by atoms with van der Waals surface area (Å²) in [6.45, 7) is 2.69. The van der Waals surface area contributed by atoms with Crippen molar-refractivity contribution in [3.05, 3.63) is 85.1 Å². The predicted molar refractivity (Wildman–Crippen MR) is 360 cm³/mol. The van der Waals surface area contributed by atoms with Crippen LogP contribution in [0.4, 0.5) is 0 Å². The van der Waals surface area contributed by atoms with Gasteiger partial charge in [0.05, 0.1) is 32.0 Å². The second-order valence-corrected chi connectivity index (χ2v) is 25.0. The second kappa shape index (κ2) is 58.0. The fourth-order valence-corrected chi connectivity index (χ4v) is 11.4. The molecular weight excluding hydrogens is 1110 g/mol. The summed E-state index contributed by atoms with van der Waals surface area (Å²) in [6.07, 6.45) is 63.8. The van der Waals surface area contributed by atoms with E-state index < -0.39 is 86.8 Å². The zero-order valence-corrected chi connectivity index (χ0v) is 55.4. The molecule has 0 bridgehead atoms. The number of amides is 1. The fourth-order valence-electron chi connectivity index (χ4n) is 11.4. The lowest BCUT2D eigenvalue weighted by atomic mass is 9.97. The number of ether oxygens (including phenoxy) is 4. The zero-order valence-electron chi connectivity index (χ0n) is 55.4. The van der Waals surface area contributed by atoms with Crippen molar-refractivity contribution in [3.63, 3.8) is 0 Å². The van der Waals surface area contributed by atoms with Crippen molar-refractivity contribution in [2.75, 3.05) is 19.8 Å². The molecule has 510 valence electrons. The van der Waals surface area contributed by atoms with E-state index in [9.17, 15) is 45.6 Å². The first-order valence-electron chi connectivity index (χ1n) is 35.8. The SMILES string of the molecule is CC/C=C\C/C=C\C/C=C\C/C=C\C/C=C\C/C=C\CCCCCCCCCCCCCCCCCCCCCCCCC(=O)NC(COC1OC(CO)C(OC2OC(CO)C(O)C(O)C2O)C(O)C1O)C(O)/C=C/CCCCCCCCCCCCC. The fraction of sp³-hybridized carbons (Fsp3) is 0.797. The zero-order chi connectivity index (χ0) is 63.8. The Morgan fingerprint density at radius 3 is 1.20 bits per heavy atom. The maximum Gasteiger partial charge on any atom is 0.220 e. The number of rotatable bonds is 58. The number of nitrogens with one attached hydrogen (secondary N) is 1. The summed E-state index contributed by atoms with van der Waals surface area (Å²) in [5.41, 5.74) is 0. The highest BCUT2D eigenvalue weighted by Gasteiger charge is 2.51. The van der Waals surface area contributed by atoms with Gasteiger partial charge in [0.1, 0.15) is 48.8 Å². The lowest BCUT2D eigenvalue weighted by Crippen LogP contribution is -2.65. The summed E-state index contributed by atoms with van der Waals surface area (Å²) in [4.78, 5) is 13.3. The van der Waals surface area contributed by atoms with Crippen molar-refractivity contribution in [3.8, 4) is 0 Å². The maximum atomic E-state index is 13.3. The van der Waals surface area contributed by atoms with Crippen LogP contribution in [0.15, 0.2) is 85.1 Å². The van der Waals surface area contributed by atoms with Crippen LogP contribution in [0.2, 0.25) is 0 Å². The number of carbonyl (C=O) groups is 1. The minimum absolute atomic E-state index is 0.237. The van der Waals surface area contributed by atoms with Crippen LogP contribution >= 0.6 is 0 Å². The first kappa shape index (κ1) is 81.3. The van der Waals surface area contributed by atoms with Crippen molar-refractivity contribution >= 4 is 5.91 Å². The topological polar surface area (TPSA) is 228 Å². The van der Waals surface area contributed by atoms with Crippen LogP contribution in [0, 0.1) is 0 Å². The molecule has 12 unspecified atom stereocenters. The van der Waals surface area contributed by atoms with Gasteiger partial charge < -0.3 is 65.1 Å². The molecule has 2 fully saturated rings. The molecular formula is C74H131NO13. The minimum Gasteiger partial charge on any atom is -0.394 e. The van der Waals surface area contributed by atoms with Crippen molar-refractivity contribution < 1.29 is 64.6 Å². The smallest absolute Gasteiger partial charge is 0.220 e. The van der Waals surface area contributed by atoms with E-state index in [0.717, 1.165) is 77.0 Å². The Bertz CT molecular complexity index is 1800. The van der Waals surface area contributed by atoms with Crippen molar-refractivity contribution in [2.45, 2.75) is 357 Å². The van der Waals surface area contributed by atoms with E-state index in [4.69, 9.17) is 18.9 Å². The molecule has 12 atom stereocenters. The van der Waals surface area contributed by atoms with E-state index in [-0.39, 0.29) is 18.9 Å². The highest BCUT2D eigenvalue weighted by Crippen LogP contribution is 2.30. The van der Waals surface area contributed by atoms with Crippen molar-refractivity contribution in [1.29, 1.82) is 0 Å². The number of allylic oxidation sites excluding steroid dienone is 13. The molecule has 2 rings (SSSR count). The molecule has 0 saturated carbocycles. The van der Waals surface area contributed by atoms with Gasteiger partial charge >= 0.3 is 0 Å². The average molecular weight is 1240 g/mol. The monoisotopic (exact) mass is 1240 g/mol. The van der Waals surface area contributed by atoms with Gasteiger partial charge in [0.2, 0.25) is 5.91 Å². The number of hydrogen-bond donors (Lipinski definition) is 9. The molecule has 14 nitrogen and oxygen atoms in total. The van der Waals surface area contributed by atoms with Crippen LogP contribution in [0.25, 0.3) is 0 Å². The molecule has 0 radical (unpaired) electrons. The molecule has 0 spiro atoms. The highest BCUT2D eigenvalue weighted by molar-refractivity contribution is 5.76. The van der Waals surface area contributed by atoms with Gasteiger partial charge in [0.25, 0.3) is 0 Å². The summed E-state index contributed by atoms with van der Waals surface area (Å²) in [6, 6.07) is -0.915. The number of aliphatic hydroxyl groups excluding tert-OH is 8. The molecule has 88 heavy (non-hydrogen) atoms. The summed E-state index contributed by atoms with van der Waals surface area (Å²) in [5.74, 6) is -0.237. The molecule has 2 saturated heterocycles. The minimum atomic E-state index is -1.79. The van der Waals surface area contributed by atoms with Gasteiger partial charge in [-0.25, -0.2) is 0 Å². The van der Waals surface area contributed by atoms with Gasteiger partial charge in [0.15, 0.2) is 12.6 Å². The Morgan fingerprint density at radius 1 is 0.420 bits per heavy atom. The van der Waals surface area contributed by atoms with Gasteiger partial charge in [-0.15, -0.1) is 0 Å². The molecule has 2 heterocycles. The molecule has 2 aliphatic heterocycles. The lowest BCUT2D eigenvalue weighted by molar-refractivity contribution is -0.359. The first-order chi connectivity index (χ1) is 43.1. The first-order valence-corrected chi connectivity index (χ1v) is 35.8. The van der Waals surface area contributed by atoms with Crippen LogP contribution in [-0.2, 0) is 23.7 Å². The van der Waals surface area contributed by atoms with E-state index in [1.54, 1.807) is 6.08 Å². The third-order valence-corrected chi connectivity index (χ3v) is 17.1. The Kier molecular flexibility index (Phi) is 53.6. The number of aliphatic hydroxyl groups is 8. The van der Waals surface area contributed by atoms with Gasteiger partial charge in [-0.1, -0.05) is 292 Å². The molecule has 0 aromatic rings. The van der Waals surface area contributed by atoms with Gasteiger partial charge in [-0.05, 0) is 70.6 Å². The van der Waals surface area contributed by atoms with Gasteiger partial charge in [-0.3, -0.25) is 4.79 Å². The molecule has 0 aromatic carbocycles. The van der Waals surface area contributed by atoms with E-state index in [1.165, 1.54) is 180 Å². The molecule has 0 aliphatic carbocycles. The lowest BCUT2D eigenvalue weighted by Gasteiger charge is -2.46.